The molecule has 6 nitrogen and oxygen atoms in total. The van der Waals surface area contributed by atoms with Crippen LogP contribution in [0.15, 0.2) is 12.3 Å². The van der Waals surface area contributed by atoms with Gasteiger partial charge in [0.2, 0.25) is 0 Å². The van der Waals surface area contributed by atoms with E-state index in [1.54, 1.807) is 13.1 Å². The minimum absolute atomic E-state index is 0.176. The average Bonchev–Trinajstić information content (AvgIpc) is 2.79. The number of carbonyl (C=O) groups is 2. The van der Waals surface area contributed by atoms with Gasteiger partial charge in [0, 0.05) is 6.20 Å². The Balaban J connectivity index is 2.86. The van der Waals surface area contributed by atoms with Crippen molar-refractivity contribution in [2.75, 3.05) is 13.7 Å². The van der Waals surface area contributed by atoms with Crippen molar-refractivity contribution in [2.45, 2.75) is 26.3 Å². The molecule has 0 aromatic carbocycles. The van der Waals surface area contributed by atoms with Crippen molar-refractivity contribution in [1.29, 1.82) is 0 Å². The number of hydrogen-bond acceptors (Lipinski definition) is 5. The van der Waals surface area contributed by atoms with Crippen molar-refractivity contribution < 1.29 is 19.1 Å². The van der Waals surface area contributed by atoms with Crippen LogP contribution < -0.4 is 0 Å². The zero-order valence-corrected chi connectivity index (χ0v) is 10.2. The number of nitrogens with zero attached hydrogens (tertiary/aromatic N) is 2. The summed E-state index contributed by atoms with van der Waals surface area (Å²) in [5.41, 5.74) is 0.176. The van der Waals surface area contributed by atoms with Gasteiger partial charge in [0.25, 0.3) is 0 Å². The van der Waals surface area contributed by atoms with Crippen molar-refractivity contribution in [1.82, 2.24) is 9.78 Å². The molecule has 1 heterocycles. The van der Waals surface area contributed by atoms with Gasteiger partial charge in [0.1, 0.15) is 6.04 Å². The Bertz CT molecular complexity index is 400. The highest BCUT2D eigenvalue weighted by Crippen LogP contribution is 2.13. The molecule has 1 rings (SSSR count). The van der Waals surface area contributed by atoms with E-state index in [0.29, 0.717) is 13.0 Å². The molecule has 0 fully saturated rings. The number of esters is 2. The fourth-order valence-electron chi connectivity index (χ4n) is 1.43. The molecular formula is C11H16N2O4. The maximum absolute atomic E-state index is 11.6. The minimum atomic E-state index is -0.525. The number of carbonyl (C=O) groups excluding carboxylic acids is 2. The summed E-state index contributed by atoms with van der Waals surface area (Å²) in [6.07, 6.45) is 2.11. The van der Waals surface area contributed by atoms with E-state index >= 15 is 0 Å². The van der Waals surface area contributed by atoms with Crippen LogP contribution in [0.4, 0.5) is 0 Å². The van der Waals surface area contributed by atoms with Crippen LogP contribution in [-0.2, 0) is 14.3 Å². The monoisotopic (exact) mass is 240 g/mol. The number of rotatable bonds is 5. The zero-order valence-electron chi connectivity index (χ0n) is 10.2. The van der Waals surface area contributed by atoms with Crippen LogP contribution in [0.3, 0.4) is 0 Å². The first-order valence-electron chi connectivity index (χ1n) is 5.44. The highest BCUT2D eigenvalue weighted by Gasteiger charge is 2.21. The Kier molecular flexibility index (Phi) is 4.68. The number of ether oxygens (including phenoxy) is 2. The lowest BCUT2D eigenvalue weighted by Gasteiger charge is -2.13. The summed E-state index contributed by atoms with van der Waals surface area (Å²) in [6.45, 7) is 3.91. The summed E-state index contributed by atoms with van der Waals surface area (Å²) in [7, 11) is 1.28. The van der Waals surface area contributed by atoms with E-state index in [2.05, 4.69) is 9.84 Å². The van der Waals surface area contributed by atoms with Gasteiger partial charge in [-0.1, -0.05) is 6.92 Å². The van der Waals surface area contributed by atoms with Gasteiger partial charge in [-0.15, -0.1) is 0 Å². The molecule has 0 radical (unpaired) electrons. The Labute approximate surface area is 99.5 Å². The van der Waals surface area contributed by atoms with Crippen LogP contribution >= 0.6 is 0 Å². The second-order valence-electron chi connectivity index (χ2n) is 3.35. The molecule has 1 unspecified atom stereocenters. The maximum atomic E-state index is 11.6. The Hall–Kier alpha value is -1.85. The molecule has 1 aromatic rings. The molecular weight excluding hydrogens is 224 g/mol. The predicted octanol–water partition coefficient (Wildman–Crippen LogP) is 1.18. The molecule has 0 saturated carbocycles. The molecule has 0 spiro atoms. The lowest BCUT2D eigenvalue weighted by Crippen LogP contribution is -2.22. The molecule has 17 heavy (non-hydrogen) atoms. The quantitative estimate of drug-likeness (QED) is 0.723. The van der Waals surface area contributed by atoms with Crippen molar-refractivity contribution in [3.63, 3.8) is 0 Å². The van der Waals surface area contributed by atoms with E-state index in [4.69, 9.17) is 4.74 Å². The predicted molar refractivity (Wildman–Crippen MR) is 59.5 cm³/mol. The van der Waals surface area contributed by atoms with E-state index < -0.39 is 12.0 Å². The smallest absolute Gasteiger partial charge is 0.358 e. The molecule has 6 heteroatoms. The normalized spacial score (nSPS) is 11.9. The molecule has 0 saturated heterocycles. The Morgan fingerprint density at radius 3 is 2.71 bits per heavy atom. The van der Waals surface area contributed by atoms with Gasteiger partial charge in [0.05, 0.1) is 13.7 Å². The molecule has 0 aliphatic rings. The largest absolute Gasteiger partial charge is 0.464 e. The van der Waals surface area contributed by atoms with Crippen molar-refractivity contribution in [3.05, 3.63) is 18.0 Å². The maximum Gasteiger partial charge on any atom is 0.358 e. The van der Waals surface area contributed by atoms with Gasteiger partial charge in [-0.05, 0) is 19.4 Å². The van der Waals surface area contributed by atoms with Crippen LogP contribution in [0.2, 0.25) is 0 Å². The third-order valence-electron chi connectivity index (χ3n) is 2.27. The van der Waals surface area contributed by atoms with Crippen LogP contribution in [0.5, 0.6) is 0 Å². The van der Waals surface area contributed by atoms with Gasteiger partial charge in [-0.3, -0.25) is 4.68 Å². The zero-order chi connectivity index (χ0) is 12.8. The van der Waals surface area contributed by atoms with Gasteiger partial charge >= 0.3 is 11.9 Å². The van der Waals surface area contributed by atoms with E-state index in [1.807, 2.05) is 6.92 Å². The summed E-state index contributed by atoms with van der Waals surface area (Å²) in [6, 6.07) is 1.00. The van der Waals surface area contributed by atoms with E-state index in [9.17, 15) is 9.59 Å². The molecule has 94 valence electrons. The van der Waals surface area contributed by atoms with Gasteiger partial charge in [-0.25, -0.2) is 9.59 Å². The molecule has 0 aliphatic heterocycles. The van der Waals surface area contributed by atoms with E-state index in [0.717, 1.165) is 0 Å². The average molecular weight is 240 g/mol. The standard InChI is InChI=1S/C11H16N2O4/c1-4-9(11(15)17-5-2)13-7-6-8(12-13)10(14)16-3/h6-7,9H,4-5H2,1-3H3. The Morgan fingerprint density at radius 2 is 2.18 bits per heavy atom. The van der Waals surface area contributed by atoms with Crippen LogP contribution in [0.1, 0.15) is 36.8 Å². The van der Waals surface area contributed by atoms with Gasteiger partial charge in [-0.2, -0.15) is 5.10 Å². The lowest BCUT2D eigenvalue weighted by molar-refractivity contribution is -0.147. The number of hydrogen-bond donors (Lipinski definition) is 0. The first kappa shape index (κ1) is 13.2. The van der Waals surface area contributed by atoms with E-state index in [-0.39, 0.29) is 11.7 Å². The van der Waals surface area contributed by atoms with Crippen LogP contribution in [-0.4, -0.2) is 35.4 Å². The fourth-order valence-corrected chi connectivity index (χ4v) is 1.43. The molecule has 0 N–H and O–H groups in total. The lowest BCUT2D eigenvalue weighted by atomic mass is 10.2. The minimum Gasteiger partial charge on any atom is -0.464 e. The second-order valence-corrected chi connectivity index (χ2v) is 3.35. The summed E-state index contributed by atoms with van der Waals surface area (Å²) < 4.78 is 10.9. The van der Waals surface area contributed by atoms with Crippen molar-refractivity contribution in [3.8, 4) is 0 Å². The van der Waals surface area contributed by atoms with Crippen molar-refractivity contribution >= 4 is 11.9 Å². The summed E-state index contributed by atoms with van der Waals surface area (Å²) in [5.74, 6) is -0.878. The van der Waals surface area contributed by atoms with E-state index in [1.165, 1.54) is 17.9 Å². The fraction of sp³-hybridized carbons (Fsp3) is 0.545. The van der Waals surface area contributed by atoms with Crippen molar-refractivity contribution in [2.24, 2.45) is 0 Å². The highest BCUT2D eigenvalue weighted by molar-refractivity contribution is 5.87. The van der Waals surface area contributed by atoms with Crippen LogP contribution in [0.25, 0.3) is 0 Å². The number of aromatic nitrogens is 2. The van der Waals surface area contributed by atoms with Gasteiger partial charge < -0.3 is 9.47 Å². The first-order valence-corrected chi connectivity index (χ1v) is 5.44. The first-order chi connectivity index (χ1) is 8.13. The highest BCUT2D eigenvalue weighted by atomic mass is 16.5. The Morgan fingerprint density at radius 1 is 1.47 bits per heavy atom. The third kappa shape index (κ3) is 3.05. The second kappa shape index (κ2) is 6.03. The SMILES string of the molecule is CCOC(=O)C(CC)n1ccc(C(=O)OC)n1. The molecule has 0 bridgehead atoms. The summed E-state index contributed by atoms with van der Waals surface area (Å²) in [5, 5.41) is 4.00. The van der Waals surface area contributed by atoms with Gasteiger partial charge in [0.15, 0.2) is 5.69 Å². The molecule has 1 aromatic heterocycles. The molecule has 0 amide bonds. The summed E-state index contributed by atoms with van der Waals surface area (Å²) in [4.78, 5) is 22.8. The summed E-state index contributed by atoms with van der Waals surface area (Å²) >= 11 is 0. The molecule has 1 atom stereocenters. The topological polar surface area (TPSA) is 70.4 Å². The molecule has 0 aliphatic carbocycles. The van der Waals surface area contributed by atoms with Crippen LogP contribution in [0, 0.1) is 0 Å². The third-order valence-corrected chi connectivity index (χ3v) is 2.27. The number of methoxy groups -OCH3 is 1.